The maximum absolute atomic E-state index is 13.4. The Morgan fingerprint density at radius 2 is 1.84 bits per heavy atom. The monoisotopic (exact) mass is 443 g/mol. The Hall–Kier alpha value is -3.04. The highest BCUT2D eigenvalue weighted by molar-refractivity contribution is 7.89. The van der Waals surface area contributed by atoms with Crippen molar-refractivity contribution in [2.45, 2.75) is 31.5 Å². The van der Waals surface area contributed by atoms with Gasteiger partial charge in [-0.3, -0.25) is 4.68 Å². The van der Waals surface area contributed by atoms with Crippen molar-refractivity contribution in [3.63, 3.8) is 0 Å². The smallest absolute Gasteiger partial charge is 0.342 e. The second-order valence-electron chi connectivity index (χ2n) is 7.25. The third-order valence-corrected chi connectivity index (χ3v) is 6.94. The molecule has 0 saturated carbocycles. The topological polar surface area (TPSA) is 81.5 Å². The highest BCUT2D eigenvalue weighted by Crippen LogP contribution is 2.26. The van der Waals surface area contributed by atoms with Crippen LogP contribution in [0, 0.1) is 5.82 Å². The van der Waals surface area contributed by atoms with E-state index in [4.69, 9.17) is 4.74 Å². The molecule has 0 atom stereocenters. The molecule has 0 unspecified atom stereocenters. The van der Waals surface area contributed by atoms with E-state index in [9.17, 15) is 17.6 Å². The van der Waals surface area contributed by atoms with Gasteiger partial charge in [-0.15, -0.1) is 0 Å². The van der Waals surface area contributed by atoms with Crippen molar-refractivity contribution in [2.75, 3.05) is 13.2 Å². The van der Waals surface area contributed by atoms with Crippen molar-refractivity contribution in [2.24, 2.45) is 0 Å². The lowest BCUT2D eigenvalue weighted by Gasteiger charge is -2.27. The first-order valence-electron chi connectivity index (χ1n) is 9.94. The molecule has 4 rings (SSSR count). The number of carbonyl (C=O) groups is 1. The SMILES string of the molecule is CCOC(=O)c1cn(Cc2ccc(F)cc2)nc1S(=O)(=O)N1CCc2ccccc2C1. The summed E-state index contributed by atoms with van der Waals surface area (Å²) in [6, 6.07) is 13.5. The average Bonchev–Trinajstić information content (AvgIpc) is 3.20. The molecule has 0 saturated heterocycles. The standard InChI is InChI=1S/C22H22FN3O4S/c1-2-30-22(27)20-15-25(13-16-7-9-19(23)10-8-16)24-21(20)31(28,29)26-12-11-17-5-3-4-6-18(17)14-26/h3-10,15H,2,11-14H2,1H3. The van der Waals surface area contributed by atoms with E-state index >= 15 is 0 Å². The van der Waals surface area contributed by atoms with Gasteiger partial charge in [0.1, 0.15) is 11.4 Å². The molecule has 7 nitrogen and oxygen atoms in total. The Balaban J connectivity index is 1.69. The van der Waals surface area contributed by atoms with E-state index in [1.54, 1.807) is 19.1 Å². The fraction of sp³-hybridized carbons (Fsp3) is 0.273. The Bertz CT molecular complexity index is 1210. The average molecular weight is 444 g/mol. The molecule has 0 fully saturated rings. The van der Waals surface area contributed by atoms with Crippen molar-refractivity contribution in [3.05, 3.63) is 82.8 Å². The lowest BCUT2D eigenvalue weighted by atomic mass is 10.0. The van der Waals surface area contributed by atoms with E-state index in [1.807, 2.05) is 24.3 Å². The summed E-state index contributed by atoms with van der Waals surface area (Å²) in [6.45, 7) is 2.46. The highest BCUT2D eigenvalue weighted by atomic mass is 32.2. The first-order valence-corrected chi connectivity index (χ1v) is 11.4. The van der Waals surface area contributed by atoms with Crippen LogP contribution < -0.4 is 0 Å². The Kier molecular flexibility index (Phi) is 5.88. The fourth-order valence-electron chi connectivity index (χ4n) is 3.60. The molecule has 2 aromatic carbocycles. The van der Waals surface area contributed by atoms with Gasteiger partial charge in [-0.2, -0.15) is 9.40 Å². The van der Waals surface area contributed by atoms with Crippen LogP contribution in [0.3, 0.4) is 0 Å². The molecular formula is C22H22FN3O4S. The van der Waals surface area contributed by atoms with Crippen molar-refractivity contribution in [1.82, 2.24) is 14.1 Å². The van der Waals surface area contributed by atoms with E-state index in [1.165, 1.54) is 27.3 Å². The number of esters is 1. The van der Waals surface area contributed by atoms with Crippen LogP contribution in [-0.4, -0.2) is 41.6 Å². The molecule has 31 heavy (non-hydrogen) atoms. The Morgan fingerprint density at radius 3 is 2.55 bits per heavy atom. The number of rotatable bonds is 6. The highest BCUT2D eigenvalue weighted by Gasteiger charge is 2.35. The van der Waals surface area contributed by atoms with Crippen LogP contribution in [-0.2, 0) is 34.3 Å². The predicted molar refractivity (Wildman–Crippen MR) is 111 cm³/mol. The summed E-state index contributed by atoms with van der Waals surface area (Å²) in [6.07, 6.45) is 1.95. The first-order chi connectivity index (χ1) is 14.9. The molecule has 0 amide bonds. The maximum atomic E-state index is 13.4. The molecule has 0 aliphatic carbocycles. The van der Waals surface area contributed by atoms with Gasteiger partial charge in [-0.25, -0.2) is 17.6 Å². The largest absolute Gasteiger partial charge is 0.462 e. The number of aromatic nitrogens is 2. The zero-order valence-electron chi connectivity index (χ0n) is 17.0. The lowest BCUT2D eigenvalue weighted by molar-refractivity contribution is 0.0521. The number of carbonyl (C=O) groups excluding carboxylic acids is 1. The molecule has 9 heteroatoms. The minimum atomic E-state index is -4.04. The molecule has 1 aliphatic heterocycles. The van der Waals surface area contributed by atoms with Gasteiger partial charge < -0.3 is 4.74 Å². The van der Waals surface area contributed by atoms with Crippen LogP contribution in [0.1, 0.15) is 34.0 Å². The summed E-state index contributed by atoms with van der Waals surface area (Å²) in [5.74, 6) is -1.12. The maximum Gasteiger partial charge on any atom is 0.342 e. The predicted octanol–water partition coefficient (Wildman–Crippen LogP) is 2.99. The number of benzene rings is 2. The number of halogens is 1. The van der Waals surface area contributed by atoms with Crippen LogP contribution in [0.2, 0.25) is 0 Å². The number of hydrogen-bond donors (Lipinski definition) is 0. The summed E-state index contributed by atoms with van der Waals surface area (Å²) in [4.78, 5) is 12.5. The third kappa shape index (κ3) is 4.38. The Morgan fingerprint density at radius 1 is 1.13 bits per heavy atom. The second kappa shape index (κ2) is 8.60. The molecule has 1 aliphatic rings. The van der Waals surface area contributed by atoms with Gasteiger partial charge in [-0.1, -0.05) is 36.4 Å². The second-order valence-corrected chi connectivity index (χ2v) is 9.10. The summed E-state index contributed by atoms with van der Waals surface area (Å²) >= 11 is 0. The minimum absolute atomic E-state index is 0.108. The molecule has 2 heterocycles. The van der Waals surface area contributed by atoms with Gasteiger partial charge in [0, 0.05) is 19.3 Å². The summed E-state index contributed by atoms with van der Waals surface area (Å²) < 4.78 is 47.8. The van der Waals surface area contributed by atoms with E-state index in [0.717, 1.165) is 16.7 Å². The van der Waals surface area contributed by atoms with E-state index in [0.29, 0.717) is 13.0 Å². The van der Waals surface area contributed by atoms with Crippen molar-refractivity contribution >= 4 is 16.0 Å². The molecule has 0 bridgehead atoms. The Labute approximate surface area is 180 Å². The number of fused-ring (bicyclic) bond motifs is 1. The molecule has 0 spiro atoms. The van der Waals surface area contributed by atoms with Gasteiger partial charge in [0.2, 0.25) is 5.03 Å². The van der Waals surface area contributed by atoms with Gasteiger partial charge in [-0.05, 0) is 42.2 Å². The molecule has 3 aromatic rings. The van der Waals surface area contributed by atoms with E-state index < -0.39 is 16.0 Å². The van der Waals surface area contributed by atoms with Gasteiger partial charge in [0.25, 0.3) is 10.0 Å². The van der Waals surface area contributed by atoms with E-state index in [2.05, 4.69) is 5.10 Å². The normalized spacial score (nSPS) is 14.3. The van der Waals surface area contributed by atoms with Crippen molar-refractivity contribution in [1.29, 1.82) is 0 Å². The first kappa shape index (κ1) is 21.2. The fourth-order valence-corrected chi connectivity index (χ4v) is 5.11. The molecule has 0 N–H and O–H groups in total. The van der Waals surface area contributed by atoms with Crippen LogP contribution in [0.15, 0.2) is 59.8 Å². The van der Waals surface area contributed by atoms with Crippen LogP contribution >= 0.6 is 0 Å². The lowest BCUT2D eigenvalue weighted by Crippen LogP contribution is -2.36. The quantitative estimate of drug-likeness (QED) is 0.547. The van der Waals surface area contributed by atoms with Crippen LogP contribution in [0.25, 0.3) is 0 Å². The number of sulfonamides is 1. The van der Waals surface area contributed by atoms with Crippen molar-refractivity contribution < 1.29 is 22.3 Å². The van der Waals surface area contributed by atoms with Gasteiger partial charge >= 0.3 is 5.97 Å². The summed E-state index contributed by atoms with van der Waals surface area (Å²) in [5.41, 5.74) is 2.65. The minimum Gasteiger partial charge on any atom is -0.462 e. The zero-order chi connectivity index (χ0) is 22.0. The zero-order valence-corrected chi connectivity index (χ0v) is 17.8. The van der Waals surface area contributed by atoms with Crippen LogP contribution in [0.5, 0.6) is 0 Å². The molecule has 1 aromatic heterocycles. The number of hydrogen-bond acceptors (Lipinski definition) is 5. The van der Waals surface area contributed by atoms with Crippen molar-refractivity contribution in [3.8, 4) is 0 Å². The van der Waals surface area contributed by atoms with Crippen LogP contribution in [0.4, 0.5) is 4.39 Å². The number of nitrogens with zero attached hydrogens (tertiary/aromatic N) is 3. The third-order valence-electron chi connectivity index (χ3n) is 5.16. The van der Waals surface area contributed by atoms with Gasteiger partial charge in [0.05, 0.1) is 13.2 Å². The number of ether oxygens (including phenoxy) is 1. The van der Waals surface area contributed by atoms with Gasteiger partial charge in [0.15, 0.2) is 0 Å². The summed E-state index contributed by atoms with van der Waals surface area (Å²) in [5, 5.41) is 3.90. The molecule has 162 valence electrons. The van der Waals surface area contributed by atoms with E-state index in [-0.39, 0.29) is 36.1 Å². The molecule has 0 radical (unpaired) electrons. The summed E-state index contributed by atoms with van der Waals surface area (Å²) in [7, 11) is -4.04. The molecular weight excluding hydrogens is 421 g/mol.